The normalized spacial score (nSPS) is 13.3. The Morgan fingerprint density at radius 3 is 2.30 bits per heavy atom. The van der Waals surface area contributed by atoms with Crippen molar-refractivity contribution in [2.45, 2.75) is 45.1 Å². The number of anilines is 1. The molecule has 2 aromatic rings. The largest absolute Gasteiger partial charge is 0.432 e. The van der Waals surface area contributed by atoms with Gasteiger partial charge in [-0.05, 0) is 38.5 Å². The van der Waals surface area contributed by atoms with Crippen LogP contribution in [0.1, 0.15) is 48.8 Å². The standard InChI is InChI=1S/C18H19F6N5O/c1-4-16(2,3)27-15(25-13-9-12(28-29-13)18(22,23)24)26-14(30)10-6-5-7-11(8-10)17(19,20)21/h5-9H,4H2,1-3H3,(H3,25,26,27,28,29,30). The molecule has 0 unspecified atom stereocenters. The lowest BCUT2D eigenvalue weighted by atomic mass is 10.0. The number of aliphatic imine (C=N–C) groups is 1. The summed E-state index contributed by atoms with van der Waals surface area (Å²) >= 11 is 0. The molecule has 6 nitrogen and oxygen atoms in total. The van der Waals surface area contributed by atoms with Crippen LogP contribution in [0.5, 0.6) is 0 Å². The highest BCUT2D eigenvalue weighted by molar-refractivity contribution is 6.09. The van der Waals surface area contributed by atoms with Gasteiger partial charge in [0.2, 0.25) is 5.96 Å². The number of halogens is 6. The number of hydrogen-bond donors (Lipinski definition) is 3. The second kappa shape index (κ2) is 8.36. The molecule has 0 bridgehead atoms. The maximum Gasteiger partial charge on any atom is 0.432 e. The van der Waals surface area contributed by atoms with E-state index in [1.807, 2.05) is 0 Å². The molecule has 164 valence electrons. The van der Waals surface area contributed by atoms with Gasteiger partial charge < -0.3 is 5.32 Å². The molecule has 3 N–H and O–H groups in total. The van der Waals surface area contributed by atoms with Gasteiger partial charge in [0, 0.05) is 11.6 Å². The number of amides is 1. The van der Waals surface area contributed by atoms with E-state index in [1.165, 1.54) is 6.07 Å². The maximum absolute atomic E-state index is 12.9. The van der Waals surface area contributed by atoms with Crippen LogP contribution < -0.4 is 10.6 Å². The topological polar surface area (TPSA) is 82.2 Å². The molecule has 1 aromatic carbocycles. The lowest BCUT2D eigenvalue weighted by Crippen LogP contribution is -2.38. The monoisotopic (exact) mass is 435 g/mol. The molecule has 2 rings (SSSR count). The van der Waals surface area contributed by atoms with Crippen molar-refractivity contribution in [1.82, 2.24) is 15.5 Å². The van der Waals surface area contributed by atoms with Gasteiger partial charge in [0.05, 0.1) is 11.1 Å². The number of aromatic nitrogens is 2. The lowest BCUT2D eigenvalue weighted by Gasteiger charge is -2.20. The van der Waals surface area contributed by atoms with Gasteiger partial charge in [-0.25, -0.2) is 4.99 Å². The fourth-order valence-corrected chi connectivity index (χ4v) is 2.14. The van der Waals surface area contributed by atoms with Crippen molar-refractivity contribution < 1.29 is 31.1 Å². The van der Waals surface area contributed by atoms with Gasteiger partial charge >= 0.3 is 12.4 Å². The molecule has 0 radical (unpaired) electrons. The van der Waals surface area contributed by atoms with E-state index in [4.69, 9.17) is 0 Å². The van der Waals surface area contributed by atoms with E-state index in [0.717, 1.165) is 12.1 Å². The third-order valence-electron chi connectivity index (χ3n) is 4.09. The molecule has 0 atom stereocenters. The van der Waals surface area contributed by atoms with E-state index in [-0.39, 0.29) is 17.3 Å². The number of nitrogens with zero attached hydrogens (tertiary/aromatic N) is 2. The Labute approximate surface area is 167 Å². The molecule has 30 heavy (non-hydrogen) atoms. The molecule has 0 saturated heterocycles. The van der Waals surface area contributed by atoms with Crippen molar-refractivity contribution in [2.75, 3.05) is 5.32 Å². The van der Waals surface area contributed by atoms with Crippen molar-refractivity contribution in [3.05, 3.63) is 47.2 Å². The van der Waals surface area contributed by atoms with E-state index in [2.05, 4.69) is 20.7 Å². The predicted octanol–water partition coefficient (Wildman–Crippen LogP) is 4.83. The van der Waals surface area contributed by atoms with Crippen molar-refractivity contribution in [1.29, 1.82) is 0 Å². The minimum atomic E-state index is -4.66. The zero-order valence-electron chi connectivity index (χ0n) is 16.2. The summed E-state index contributed by atoms with van der Waals surface area (Å²) in [6.07, 6.45) is -8.79. The van der Waals surface area contributed by atoms with E-state index < -0.39 is 35.1 Å². The van der Waals surface area contributed by atoms with Crippen LogP contribution in [0.25, 0.3) is 0 Å². The zero-order valence-corrected chi connectivity index (χ0v) is 16.2. The number of rotatable bonds is 4. The first-order valence-corrected chi connectivity index (χ1v) is 8.69. The van der Waals surface area contributed by atoms with Crippen LogP contribution in [0.15, 0.2) is 35.3 Å². The Kier molecular flexibility index (Phi) is 6.48. The van der Waals surface area contributed by atoms with Gasteiger partial charge in [0.25, 0.3) is 5.91 Å². The van der Waals surface area contributed by atoms with Crippen LogP contribution in [-0.2, 0) is 12.4 Å². The van der Waals surface area contributed by atoms with Crippen molar-refractivity contribution >= 4 is 17.7 Å². The van der Waals surface area contributed by atoms with Crippen molar-refractivity contribution in [2.24, 2.45) is 4.99 Å². The first-order valence-electron chi connectivity index (χ1n) is 8.69. The van der Waals surface area contributed by atoms with Gasteiger partial charge in [0.15, 0.2) is 5.82 Å². The Morgan fingerprint density at radius 2 is 1.77 bits per heavy atom. The highest BCUT2D eigenvalue weighted by Crippen LogP contribution is 2.30. The lowest BCUT2D eigenvalue weighted by molar-refractivity contribution is -0.141. The third-order valence-corrected chi connectivity index (χ3v) is 4.09. The van der Waals surface area contributed by atoms with Crippen molar-refractivity contribution in [3.8, 4) is 0 Å². The third kappa shape index (κ3) is 6.22. The number of nitrogens with one attached hydrogen (secondary N) is 3. The van der Waals surface area contributed by atoms with Crippen LogP contribution >= 0.6 is 0 Å². The molecule has 0 aliphatic heterocycles. The molecule has 0 saturated carbocycles. The number of guanidine groups is 1. The van der Waals surface area contributed by atoms with Crippen molar-refractivity contribution in [3.63, 3.8) is 0 Å². The minimum Gasteiger partial charge on any atom is -0.309 e. The maximum atomic E-state index is 12.9. The molecule has 0 aliphatic carbocycles. The quantitative estimate of drug-likeness (QED) is 0.365. The Bertz CT molecular complexity index is 930. The van der Waals surface area contributed by atoms with E-state index in [1.54, 1.807) is 25.9 Å². The Hall–Kier alpha value is -3.05. The number of H-pyrrole nitrogens is 1. The average molecular weight is 435 g/mol. The SMILES string of the molecule is CCC(C)(C)N=C(NC(=O)c1cccc(C(F)(F)F)c1)Nc1cc(C(F)(F)F)[nH]n1. The molecule has 1 heterocycles. The highest BCUT2D eigenvalue weighted by Gasteiger charge is 2.33. The Morgan fingerprint density at radius 1 is 1.10 bits per heavy atom. The number of hydrogen-bond acceptors (Lipinski definition) is 3. The fraction of sp³-hybridized carbons (Fsp3) is 0.389. The highest BCUT2D eigenvalue weighted by atomic mass is 19.4. The molecular weight excluding hydrogens is 416 g/mol. The summed E-state index contributed by atoms with van der Waals surface area (Å²) in [5.41, 5.74) is -3.17. The smallest absolute Gasteiger partial charge is 0.309 e. The molecule has 0 fully saturated rings. The Balaban J connectivity index is 2.30. The number of carbonyl (C=O) groups is 1. The molecule has 12 heteroatoms. The average Bonchev–Trinajstić information content (AvgIpc) is 3.09. The number of benzene rings is 1. The summed E-state index contributed by atoms with van der Waals surface area (Å²) in [7, 11) is 0. The summed E-state index contributed by atoms with van der Waals surface area (Å²) in [5.74, 6) is -1.47. The summed E-state index contributed by atoms with van der Waals surface area (Å²) in [5, 5.41) is 10.0. The van der Waals surface area contributed by atoms with Gasteiger partial charge in [-0.1, -0.05) is 13.0 Å². The van der Waals surface area contributed by atoms with Gasteiger partial charge in [-0.15, -0.1) is 0 Å². The summed E-state index contributed by atoms with van der Waals surface area (Å²) < 4.78 is 76.8. The molecule has 0 aliphatic rings. The van der Waals surface area contributed by atoms with Gasteiger partial charge in [-0.3, -0.25) is 15.2 Å². The molecular formula is C18H19F6N5O. The zero-order chi connectivity index (χ0) is 22.7. The number of carbonyl (C=O) groups excluding carboxylic acids is 1. The first kappa shape index (κ1) is 23.2. The molecule has 0 spiro atoms. The summed E-state index contributed by atoms with van der Waals surface area (Å²) in [6, 6.07) is 4.39. The van der Waals surface area contributed by atoms with E-state index in [0.29, 0.717) is 18.6 Å². The second-order valence-corrected chi connectivity index (χ2v) is 6.95. The predicted molar refractivity (Wildman–Crippen MR) is 97.9 cm³/mol. The second-order valence-electron chi connectivity index (χ2n) is 6.95. The van der Waals surface area contributed by atoms with Crippen LogP contribution in [0.2, 0.25) is 0 Å². The molecule has 1 amide bonds. The number of alkyl halides is 6. The van der Waals surface area contributed by atoms with E-state index >= 15 is 0 Å². The van der Waals surface area contributed by atoms with E-state index in [9.17, 15) is 31.1 Å². The van der Waals surface area contributed by atoms with Crippen LogP contribution in [0, 0.1) is 0 Å². The van der Waals surface area contributed by atoms with Gasteiger partial charge in [0.1, 0.15) is 5.69 Å². The van der Waals surface area contributed by atoms with Crippen LogP contribution in [0.4, 0.5) is 32.2 Å². The minimum absolute atomic E-state index is 0.260. The molecule has 1 aromatic heterocycles. The summed E-state index contributed by atoms with van der Waals surface area (Å²) in [4.78, 5) is 16.7. The number of aromatic amines is 1. The first-order chi connectivity index (χ1) is 13.7. The van der Waals surface area contributed by atoms with Crippen LogP contribution in [0.3, 0.4) is 0 Å². The summed E-state index contributed by atoms with van der Waals surface area (Å²) in [6.45, 7) is 5.21. The fourth-order valence-electron chi connectivity index (χ4n) is 2.14. The van der Waals surface area contributed by atoms with Gasteiger partial charge in [-0.2, -0.15) is 31.4 Å². The van der Waals surface area contributed by atoms with Crippen LogP contribution in [-0.4, -0.2) is 27.6 Å².